The molecule has 19 heteroatoms. The van der Waals surface area contributed by atoms with Crippen LogP contribution in [0.1, 0.15) is 104 Å². The lowest BCUT2D eigenvalue weighted by molar-refractivity contribution is -0.144. The lowest BCUT2D eigenvalue weighted by Crippen LogP contribution is -2.63. The SMILES string of the molecule is Cc1cc(Nc2ncc(Cl)c(Nc3ccccc3S(=O)(=O)C(C)C)n2)c(OC(C)C)cc1C1CCN(C2CN(C(=O)C3CCN(c4ccc5c(c4)C(=O)N(C4CCC(=O)NC4=O)C5=O)CC3)C2)CC1. The van der Waals surface area contributed by atoms with Gasteiger partial charge in [0.05, 0.1) is 44.9 Å². The number of para-hydroxylation sites is 1. The van der Waals surface area contributed by atoms with Gasteiger partial charge in [0.1, 0.15) is 16.8 Å². The van der Waals surface area contributed by atoms with E-state index >= 15 is 0 Å². The number of benzene rings is 3. The smallest absolute Gasteiger partial charge is 0.262 e. The van der Waals surface area contributed by atoms with Gasteiger partial charge in [-0.1, -0.05) is 23.7 Å². The van der Waals surface area contributed by atoms with Crippen LogP contribution in [0.5, 0.6) is 5.75 Å². The number of aryl methyl sites for hydroxylation is 1. The average Bonchev–Trinajstić information content (AvgIpc) is 3.55. The monoisotopic (exact) mass is 979 g/mol. The molecule has 0 spiro atoms. The molecule has 0 aliphatic carbocycles. The van der Waals surface area contributed by atoms with Crippen LogP contribution >= 0.6 is 11.6 Å². The summed E-state index contributed by atoms with van der Waals surface area (Å²) in [7, 11) is -3.59. The van der Waals surface area contributed by atoms with Crippen molar-refractivity contribution in [2.45, 2.75) is 107 Å². The number of hydrogen-bond donors (Lipinski definition) is 3. The molecule has 4 saturated heterocycles. The van der Waals surface area contributed by atoms with Crippen molar-refractivity contribution in [1.82, 2.24) is 30.0 Å². The number of anilines is 5. The number of nitrogens with zero attached hydrogens (tertiary/aromatic N) is 6. The first kappa shape index (κ1) is 47.9. The lowest BCUT2D eigenvalue weighted by Gasteiger charge is -2.49. The zero-order valence-corrected chi connectivity index (χ0v) is 41.0. The van der Waals surface area contributed by atoms with Gasteiger partial charge in [0, 0.05) is 50.2 Å². The number of fused-ring (bicyclic) bond motifs is 1. The molecule has 5 aliphatic heterocycles. The molecule has 0 saturated carbocycles. The Kier molecular flexibility index (Phi) is 13.4. The maximum absolute atomic E-state index is 13.7. The number of carbonyl (C=O) groups is 5. The summed E-state index contributed by atoms with van der Waals surface area (Å²) in [6.45, 7) is 13.9. The van der Waals surface area contributed by atoms with Gasteiger partial charge >= 0.3 is 0 Å². The number of sulfone groups is 1. The van der Waals surface area contributed by atoms with Crippen molar-refractivity contribution in [2.75, 3.05) is 54.8 Å². The quantitative estimate of drug-likeness (QED) is 0.121. The lowest BCUT2D eigenvalue weighted by atomic mass is 9.85. The van der Waals surface area contributed by atoms with E-state index in [4.69, 9.17) is 16.3 Å². The van der Waals surface area contributed by atoms with Crippen molar-refractivity contribution in [1.29, 1.82) is 0 Å². The second kappa shape index (κ2) is 19.4. The molecule has 6 heterocycles. The van der Waals surface area contributed by atoms with Gasteiger partial charge in [-0.15, -0.1) is 0 Å². The Morgan fingerprint density at radius 2 is 1.57 bits per heavy atom. The first-order chi connectivity index (χ1) is 33.0. The molecule has 9 rings (SSSR count). The van der Waals surface area contributed by atoms with E-state index in [1.807, 2.05) is 24.8 Å². The highest BCUT2D eigenvalue weighted by atomic mass is 35.5. The number of aromatic nitrogens is 2. The van der Waals surface area contributed by atoms with Gasteiger partial charge < -0.3 is 25.2 Å². The first-order valence-electron chi connectivity index (χ1n) is 23.8. The summed E-state index contributed by atoms with van der Waals surface area (Å²) in [5, 5.41) is 8.29. The highest BCUT2D eigenvalue weighted by molar-refractivity contribution is 7.92. The molecule has 69 heavy (non-hydrogen) atoms. The van der Waals surface area contributed by atoms with Crippen LogP contribution in [-0.2, 0) is 24.2 Å². The molecule has 364 valence electrons. The number of imide groups is 2. The van der Waals surface area contributed by atoms with E-state index in [2.05, 4.69) is 54.8 Å². The molecular weight excluding hydrogens is 922 g/mol. The maximum atomic E-state index is 13.7. The summed E-state index contributed by atoms with van der Waals surface area (Å²) in [4.78, 5) is 81.3. The fourth-order valence-corrected chi connectivity index (χ4v) is 11.5. The first-order valence-corrected chi connectivity index (χ1v) is 25.7. The molecule has 4 aromatic rings. The zero-order valence-electron chi connectivity index (χ0n) is 39.5. The van der Waals surface area contributed by atoms with Gasteiger partial charge in [0.25, 0.3) is 11.8 Å². The molecular formula is C50H58ClN9O8S. The summed E-state index contributed by atoms with van der Waals surface area (Å²) >= 11 is 6.53. The number of hydrogen-bond acceptors (Lipinski definition) is 14. The molecule has 0 bridgehead atoms. The van der Waals surface area contributed by atoms with E-state index in [0.29, 0.717) is 68.1 Å². The number of nitrogens with one attached hydrogen (secondary N) is 3. The molecule has 1 atom stereocenters. The number of piperidine rings is 3. The molecule has 4 fully saturated rings. The topological polar surface area (TPSA) is 204 Å². The van der Waals surface area contributed by atoms with Gasteiger partial charge in [-0.05, 0) is 139 Å². The normalized spacial score (nSPS) is 19.8. The Labute approximate surface area is 407 Å². The number of rotatable bonds is 13. The number of amides is 5. The summed E-state index contributed by atoms with van der Waals surface area (Å²) < 4.78 is 32.6. The van der Waals surface area contributed by atoms with E-state index in [-0.39, 0.29) is 63.6 Å². The molecule has 1 aromatic heterocycles. The summed E-state index contributed by atoms with van der Waals surface area (Å²) in [6.07, 6.45) is 4.84. The van der Waals surface area contributed by atoms with E-state index in [1.165, 1.54) is 11.8 Å². The van der Waals surface area contributed by atoms with Crippen LogP contribution in [-0.4, -0.2) is 125 Å². The largest absolute Gasteiger partial charge is 0.489 e. The second-order valence-electron chi connectivity index (χ2n) is 19.2. The molecule has 5 aliphatic rings. The standard InChI is InChI=1S/C50H58ClN9O8S/c1-28(2)68-42-24-36(30(5)22-40(42)54-50-52-25-38(51)45(56-50)53-39-8-6-7-9-43(39)69(66,67)29(3)4)31-14-18-58(19-15-31)34-26-59(27-34)47(63)32-16-20-57(21-17-32)33-10-11-35-37(23-33)49(65)60(48(35)64)41-12-13-44(61)55-46(41)62/h6-11,22-25,28-29,31-32,34,41H,12-21,26-27H2,1-5H3,(H,55,61,62)(H2,52,53,54,56). The predicted octanol–water partition coefficient (Wildman–Crippen LogP) is 6.60. The fourth-order valence-electron chi connectivity index (χ4n) is 10.2. The molecule has 3 aromatic carbocycles. The minimum Gasteiger partial charge on any atom is -0.489 e. The third-order valence-electron chi connectivity index (χ3n) is 14.1. The van der Waals surface area contributed by atoms with Gasteiger partial charge in [-0.25, -0.2) is 13.4 Å². The van der Waals surface area contributed by atoms with Crippen LogP contribution in [0.25, 0.3) is 0 Å². The number of carbonyl (C=O) groups excluding carboxylic acids is 5. The van der Waals surface area contributed by atoms with Crippen LogP contribution < -0.4 is 25.6 Å². The van der Waals surface area contributed by atoms with Gasteiger partial charge in [0.2, 0.25) is 23.7 Å². The zero-order chi connectivity index (χ0) is 48.9. The van der Waals surface area contributed by atoms with E-state index in [1.54, 1.807) is 50.2 Å². The van der Waals surface area contributed by atoms with Crippen LogP contribution in [0.15, 0.2) is 65.7 Å². The third-order valence-corrected chi connectivity index (χ3v) is 16.6. The van der Waals surface area contributed by atoms with Crippen molar-refractivity contribution in [3.63, 3.8) is 0 Å². The van der Waals surface area contributed by atoms with Crippen molar-refractivity contribution in [3.05, 3.63) is 88.1 Å². The van der Waals surface area contributed by atoms with Crippen molar-refractivity contribution in [2.24, 2.45) is 5.92 Å². The Balaban J connectivity index is 0.774. The number of halogens is 1. The van der Waals surface area contributed by atoms with E-state index in [0.717, 1.165) is 42.1 Å². The molecule has 3 N–H and O–H groups in total. The van der Waals surface area contributed by atoms with Gasteiger partial charge in [-0.3, -0.25) is 39.1 Å². The Hall–Kier alpha value is -6.11. The van der Waals surface area contributed by atoms with Gasteiger partial charge in [0.15, 0.2) is 15.7 Å². The van der Waals surface area contributed by atoms with Crippen LogP contribution in [0.4, 0.5) is 28.8 Å². The van der Waals surface area contributed by atoms with Crippen LogP contribution in [0.2, 0.25) is 5.02 Å². The predicted molar refractivity (Wildman–Crippen MR) is 261 cm³/mol. The minimum atomic E-state index is -3.59. The molecule has 17 nitrogen and oxygen atoms in total. The van der Waals surface area contributed by atoms with Gasteiger partial charge in [-0.2, -0.15) is 4.98 Å². The summed E-state index contributed by atoms with van der Waals surface area (Å²) in [5.74, 6) is -0.493. The Bertz CT molecular complexity index is 2820. The van der Waals surface area contributed by atoms with Crippen molar-refractivity contribution >= 4 is 79.8 Å². The summed E-state index contributed by atoms with van der Waals surface area (Å²) in [6, 6.07) is 15.3. The van der Waals surface area contributed by atoms with E-state index in [9.17, 15) is 32.4 Å². The van der Waals surface area contributed by atoms with Crippen LogP contribution in [0.3, 0.4) is 0 Å². The van der Waals surface area contributed by atoms with E-state index < -0.39 is 44.8 Å². The Morgan fingerprint density at radius 1 is 0.855 bits per heavy atom. The highest BCUT2D eigenvalue weighted by Crippen LogP contribution is 2.40. The molecule has 0 radical (unpaired) electrons. The molecule has 5 amide bonds. The highest BCUT2D eigenvalue weighted by Gasteiger charge is 2.45. The minimum absolute atomic E-state index is 0.0641. The third kappa shape index (κ3) is 9.62. The van der Waals surface area contributed by atoms with Crippen LogP contribution in [0, 0.1) is 12.8 Å². The number of likely N-dealkylation sites (tertiary alicyclic amines) is 2. The van der Waals surface area contributed by atoms with Crippen molar-refractivity contribution in [3.8, 4) is 5.75 Å². The summed E-state index contributed by atoms with van der Waals surface area (Å²) in [5.41, 5.74) is 4.69. The Morgan fingerprint density at radius 3 is 2.26 bits per heavy atom. The second-order valence-corrected chi connectivity index (χ2v) is 22.1. The fraction of sp³-hybridized carbons (Fsp3) is 0.460. The molecule has 1 unspecified atom stereocenters. The van der Waals surface area contributed by atoms with Crippen molar-refractivity contribution < 1.29 is 37.1 Å². The number of ether oxygens (including phenoxy) is 1. The average molecular weight is 981 g/mol. The maximum Gasteiger partial charge on any atom is 0.262 e.